The van der Waals surface area contributed by atoms with Gasteiger partial charge in [-0.1, -0.05) is 6.07 Å². The highest BCUT2D eigenvalue weighted by atomic mass is 16.3. The lowest BCUT2D eigenvalue weighted by molar-refractivity contribution is 0.276. The van der Waals surface area contributed by atoms with Crippen molar-refractivity contribution in [3.8, 4) is 0 Å². The standard InChI is InChI=1S/C6H6NO/c8-5-6-3-1-2-4-7-6/h1-2,4,8H,5H2. The Labute approximate surface area is 47.8 Å². The molecule has 0 saturated carbocycles. The summed E-state index contributed by atoms with van der Waals surface area (Å²) in [5.41, 5.74) is 0.590. The van der Waals surface area contributed by atoms with Crippen molar-refractivity contribution in [1.82, 2.24) is 4.98 Å². The van der Waals surface area contributed by atoms with Gasteiger partial charge in [0.1, 0.15) is 0 Å². The minimum atomic E-state index is -0.0269. The molecule has 1 radical (unpaired) electrons. The third kappa shape index (κ3) is 1.04. The average Bonchev–Trinajstić information content (AvgIpc) is 1.90. The quantitative estimate of drug-likeness (QED) is 0.564. The van der Waals surface area contributed by atoms with Crippen molar-refractivity contribution >= 4 is 0 Å². The molecule has 41 valence electrons. The van der Waals surface area contributed by atoms with Crippen LogP contribution >= 0.6 is 0 Å². The van der Waals surface area contributed by atoms with Crippen molar-refractivity contribution < 1.29 is 5.11 Å². The molecule has 8 heavy (non-hydrogen) atoms. The maximum atomic E-state index is 8.44. The molecule has 0 amide bonds. The summed E-state index contributed by atoms with van der Waals surface area (Å²) in [7, 11) is 0. The van der Waals surface area contributed by atoms with Crippen LogP contribution in [0.25, 0.3) is 0 Å². The Bertz CT molecular complexity index is 150. The summed E-state index contributed by atoms with van der Waals surface area (Å²) < 4.78 is 0. The first-order chi connectivity index (χ1) is 3.93. The Balaban J connectivity index is 2.83. The molecular formula is C6H6NO. The van der Waals surface area contributed by atoms with Crippen LogP contribution in [0.15, 0.2) is 18.3 Å². The Morgan fingerprint density at radius 3 is 3.00 bits per heavy atom. The molecule has 1 rings (SSSR count). The highest BCUT2D eigenvalue weighted by molar-refractivity contribution is 4.99. The summed E-state index contributed by atoms with van der Waals surface area (Å²) in [5, 5.41) is 8.44. The smallest absolute Gasteiger partial charge is 0.0859 e. The van der Waals surface area contributed by atoms with Gasteiger partial charge in [-0.3, -0.25) is 4.98 Å². The van der Waals surface area contributed by atoms with Crippen molar-refractivity contribution in [2.24, 2.45) is 0 Å². The van der Waals surface area contributed by atoms with Crippen molar-refractivity contribution in [2.75, 3.05) is 0 Å². The van der Waals surface area contributed by atoms with Crippen LogP contribution in [0, 0.1) is 6.07 Å². The minimum Gasteiger partial charge on any atom is -0.390 e. The molecule has 1 N–H and O–H groups in total. The van der Waals surface area contributed by atoms with Crippen molar-refractivity contribution in [3.63, 3.8) is 0 Å². The van der Waals surface area contributed by atoms with Gasteiger partial charge in [-0.2, -0.15) is 0 Å². The van der Waals surface area contributed by atoms with Gasteiger partial charge < -0.3 is 5.11 Å². The number of hydrogen-bond donors (Lipinski definition) is 1. The van der Waals surface area contributed by atoms with Crippen LogP contribution in [-0.2, 0) is 6.61 Å². The molecule has 0 bridgehead atoms. The summed E-state index contributed by atoms with van der Waals surface area (Å²) in [6.07, 6.45) is 1.63. The van der Waals surface area contributed by atoms with Gasteiger partial charge in [0.2, 0.25) is 0 Å². The first-order valence-corrected chi connectivity index (χ1v) is 2.36. The summed E-state index contributed by atoms with van der Waals surface area (Å²) in [5.74, 6) is 0. The number of aliphatic hydroxyl groups excluding tert-OH is 1. The molecular weight excluding hydrogens is 102 g/mol. The van der Waals surface area contributed by atoms with E-state index in [4.69, 9.17) is 5.11 Å². The van der Waals surface area contributed by atoms with E-state index >= 15 is 0 Å². The minimum absolute atomic E-state index is 0.0269. The van der Waals surface area contributed by atoms with Gasteiger partial charge in [0.15, 0.2) is 0 Å². The van der Waals surface area contributed by atoms with E-state index in [1.54, 1.807) is 18.3 Å². The third-order valence-corrected chi connectivity index (χ3v) is 0.812. The SMILES string of the molecule is OCc1[c]cccn1. The predicted molar refractivity (Wildman–Crippen MR) is 29.0 cm³/mol. The van der Waals surface area contributed by atoms with E-state index in [1.807, 2.05) is 0 Å². The zero-order valence-electron chi connectivity index (χ0n) is 4.33. The number of hydrogen-bond acceptors (Lipinski definition) is 2. The van der Waals surface area contributed by atoms with E-state index in [0.29, 0.717) is 5.69 Å². The molecule has 1 aromatic rings. The van der Waals surface area contributed by atoms with Crippen LogP contribution in [0.3, 0.4) is 0 Å². The van der Waals surface area contributed by atoms with Crippen LogP contribution in [0.1, 0.15) is 5.69 Å². The molecule has 0 saturated heterocycles. The van der Waals surface area contributed by atoms with E-state index in [9.17, 15) is 0 Å². The second-order valence-corrected chi connectivity index (χ2v) is 1.39. The Hall–Kier alpha value is -0.890. The number of rotatable bonds is 1. The largest absolute Gasteiger partial charge is 0.390 e. The molecule has 0 fully saturated rings. The van der Waals surface area contributed by atoms with Crippen LogP contribution in [0.2, 0.25) is 0 Å². The molecule has 0 aliphatic carbocycles. The summed E-state index contributed by atoms with van der Waals surface area (Å²) in [4.78, 5) is 3.79. The van der Waals surface area contributed by atoms with Crippen LogP contribution < -0.4 is 0 Å². The van der Waals surface area contributed by atoms with Crippen LogP contribution in [-0.4, -0.2) is 10.1 Å². The van der Waals surface area contributed by atoms with Gasteiger partial charge in [0.05, 0.1) is 12.3 Å². The molecule has 1 aromatic heterocycles. The molecule has 0 spiro atoms. The van der Waals surface area contributed by atoms with E-state index in [1.165, 1.54) is 0 Å². The van der Waals surface area contributed by atoms with E-state index in [2.05, 4.69) is 11.1 Å². The normalized spacial score (nSPS) is 9.12. The van der Waals surface area contributed by atoms with E-state index in [0.717, 1.165) is 0 Å². The Kier molecular flexibility index (Phi) is 1.59. The topological polar surface area (TPSA) is 33.1 Å². The number of nitrogens with zero attached hydrogens (tertiary/aromatic N) is 1. The van der Waals surface area contributed by atoms with E-state index in [-0.39, 0.29) is 6.61 Å². The average molecular weight is 108 g/mol. The van der Waals surface area contributed by atoms with Crippen molar-refractivity contribution in [1.29, 1.82) is 0 Å². The van der Waals surface area contributed by atoms with Gasteiger partial charge in [0, 0.05) is 12.3 Å². The van der Waals surface area contributed by atoms with Crippen molar-refractivity contribution in [3.05, 3.63) is 30.1 Å². The fourth-order valence-electron chi connectivity index (χ4n) is 0.444. The molecule has 0 unspecified atom stereocenters. The van der Waals surface area contributed by atoms with Crippen LogP contribution in [0.5, 0.6) is 0 Å². The second kappa shape index (κ2) is 2.43. The summed E-state index contributed by atoms with van der Waals surface area (Å²) in [6.45, 7) is -0.0269. The van der Waals surface area contributed by atoms with Gasteiger partial charge in [-0.15, -0.1) is 0 Å². The zero-order chi connectivity index (χ0) is 5.82. The molecule has 0 atom stereocenters. The lowest BCUT2D eigenvalue weighted by Crippen LogP contribution is -1.84. The number of aromatic nitrogens is 1. The third-order valence-electron chi connectivity index (χ3n) is 0.812. The first-order valence-electron chi connectivity index (χ1n) is 2.36. The van der Waals surface area contributed by atoms with Gasteiger partial charge in [0.25, 0.3) is 0 Å². The number of aliphatic hydroxyl groups is 1. The first kappa shape index (κ1) is 5.25. The molecule has 1 heterocycles. The van der Waals surface area contributed by atoms with E-state index < -0.39 is 0 Å². The molecule has 2 heteroatoms. The Morgan fingerprint density at radius 2 is 2.62 bits per heavy atom. The van der Waals surface area contributed by atoms with Crippen molar-refractivity contribution in [2.45, 2.75) is 6.61 Å². The maximum Gasteiger partial charge on any atom is 0.0859 e. The predicted octanol–water partition coefficient (Wildman–Crippen LogP) is 0.374. The molecule has 2 nitrogen and oxygen atoms in total. The fourth-order valence-corrected chi connectivity index (χ4v) is 0.444. The molecule has 0 aromatic carbocycles. The fraction of sp³-hybridized carbons (Fsp3) is 0.167. The molecule has 0 aliphatic heterocycles. The van der Waals surface area contributed by atoms with Gasteiger partial charge in [-0.25, -0.2) is 0 Å². The van der Waals surface area contributed by atoms with Crippen LogP contribution in [0.4, 0.5) is 0 Å². The highest BCUT2D eigenvalue weighted by Gasteiger charge is 1.83. The maximum absolute atomic E-state index is 8.44. The number of pyridine rings is 1. The highest BCUT2D eigenvalue weighted by Crippen LogP contribution is 1.88. The summed E-state index contributed by atoms with van der Waals surface area (Å²) >= 11 is 0. The van der Waals surface area contributed by atoms with Gasteiger partial charge in [-0.05, 0) is 6.07 Å². The zero-order valence-corrected chi connectivity index (χ0v) is 4.33. The van der Waals surface area contributed by atoms with Gasteiger partial charge >= 0.3 is 0 Å². The lowest BCUT2D eigenvalue weighted by Gasteiger charge is -1.87. The Morgan fingerprint density at radius 1 is 1.75 bits per heavy atom. The lowest BCUT2D eigenvalue weighted by atomic mass is 10.4. The second-order valence-electron chi connectivity index (χ2n) is 1.39. The monoisotopic (exact) mass is 108 g/mol. The molecule has 0 aliphatic rings. The summed E-state index contributed by atoms with van der Waals surface area (Å²) in [6, 6.07) is 6.24.